The molecule has 2 aromatic rings. The summed E-state index contributed by atoms with van der Waals surface area (Å²) in [5, 5.41) is 3.23. The third kappa shape index (κ3) is 4.39. The second kappa shape index (κ2) is 8.34. The van der Waals surface area contributed by atoms with Gasteiger partial charge in [0.25, 0.3) is 0 Å². The topological polar surface area (TPSA) is 94.8 Å². The van der Waals surface area contributed by atoms with Crippen molar-refractivity contribution >= 4 is 40.2 Å². The largest absolute Gasteiger partial charge is 0.462 e. The number of hydrogen-bond donors (Lipinski definition) is 1. The first-order chi connectivity index (χ1) is 12.0. The molecular formula is C17H16ClNO6. The van der Waals surface area contributed by atoms with Crippen LogP contribution in [0.5, 0.6) is 0 Å². The van der Waals surface area contributed by atoms with Crippen LogP contribution in [-0.2, 0) is 19.1 Å². The summed E-state index contributed by atoms with van der Waals surface area (Å²) in [4.78, 5) is 36.2. The Kier molecular flexibility index (Phi) is 6.19. The molecule has 25 heavy (non-hydrogen) atoms. The maximum atomic E-state index is 12.4. The van der Waals surface area contributed by atoms with Crippen molar-refractivity contribution in [3.05, 3.63) is 51.5 Å². The van der Waals surface area contributed by atoms with Crippen molar-refractivity contribution in [3.8, 4) is 0 Å². The number of nitrogens with one attached hydrogen (secondary N) is 1. The maximum absolute atomic E-state index is 12.4. The number of carbonyl (C=O) groups is 2. The lowest BCUT2D eigenvalue weighted by atomic mass is 10.2. The normalized spacial score (nSPS) is 10.2. The summed E-state index contributed by atoms with van der Waals surface area (Å²) in [5.41, 5.74) is -0.373. The van der Waals surface area contributed by atoms with Crippen molar-refractivity contribution in [2.24, 2.45) is 0 Å². The number of halogens is 1. The van der Waals surface area contributed by atoms with Gasteiger partial charge in [-0.15, -0.1) is 0 Å². The van der Waals surface area contributed by atoms with Crippen LogP contribution in [0.25, 0.3) is 11.0 Å². The Morgan fingerprint density at radius 2 is 1.84 bits per heavy atom. The third-order valence-corrected chi connectivity index (χ3v) is 3.33. The summed E-state index contributed by atoms with van der Waals surface area (Å²) in [6.07, 6.45) is 2.24. The SMILES string of the molecule is CCOC(=O)C(=CNc1coc2ccc(Cl)cc2c1=O)C(=O)OCC. The molecule has 132 valence electrons. The van der Waals surface area contributed by atoms with Gasteiger partial charge in [0, 0.05) is 11.2 Å². The van der Waals surface area contributed by atoms with E-state index in [1.165, 1.54) is 12.3 Å². The van der Waals surface area contributed by atoms with Gasteiger partial charge in [0.1, 0.15) is 17.5 Å². The lowest BCUT2D eigenvalue weighted by Gasteiger charge is -2.07. The minimum atomic E-state index is -0.860. The molecule has 0 bridgehead atoms. The number of fused-ring (bicyclic) bond motifs is 1. The zero-order chi connectivity index (χ0) is 18.4. The molecule has 2 rings (SSSR count). The Morgan fingerprint density at radius 1 is 1.20 bits per heavy atom. The number of anilines is 1. The Balaban J connectivity index is 2.38. The maximum Gasteiger partial charge on any atom is 0.347 e. The Hall–Kier alpha value is -2.80. The molecule has 0 aliphatic carbocycles. The number of esters is 2. The van der Waals surface area contributed by atoms with E-state index in [-0.39, 0.29) is 29.9 Å². The molecule has 1 aromatic carbocycles. The van der Waals surface area contributed by atoms with Crippen molar-refractivity contribution < 1.29 is 23.5 Å². The van der Waals surface area contributed by atoms with E-state index < -0.39 is 17.4 Å². The molecular weight excluding hydrogens is 350 g/mol. The summed E-state index contributed by atoms with van der Waals surface area (Å²) >= 11 is 5.89. The van der Waals surface area contributed by atoms with E-state index in [1.807, 2.05) is 0 Å². The highest BCUT2D eigenvalue weighted by Gasteiger charge is 2.21. The van der Waals surface area contributed by atoms with Crippen LogP contribution >= 0.6 is 11.6 Å². The Bertz CT molecular complexity index is 866. The molecule has 1 heterocycles. The van der Waals surface area contributed by atoms with Gasteiger partial charge in [-0.2, -0.15) is 0 Å². The number of ether oxygens (including phenoxy) is 2. The predicted molar refractivity (Wildman–Crippen MR) is 92.5 cm³/mol. The highest BCUT2D eigenvalue weighted by atomic mass is 35.5. The summed E-state index contributed by atoms with van der Waals surface area (Å²) in [6.45, 7) is 3.39. The molecule has 0 radical (unpaired) electrons. The molecule has 0 spiro atoms. The fourth-order valence-electron chi connectivity index (χ4n) is 1.97. The first kappa shape index (κ1) is 18.5. The van der Waals surface area contributed by atoms with Crippen LogP contribution in [0, 0.1) is 0 Å². The van der Waals surface area contributed by atoms with Crippen molar-refractivity contribution in [3.63, 3.8) is 0 Å². The van der Waals surface area contributed by atoms with Crippen LogP contribution in [0.2, 0.25) is 5.02 Å². The summed E-state index contributed by atoms with van der Waals surface area (Å²) < 4.78 is 15.0. The molecule has 0 fully saturated rings. The van der Waals surface area contributed by atoms with E-state index in [1.54, 1.807) is 26.0 Å². The van der Waals surface area contributed by atoms with Gasteiger partial charge in [-0.05, 0) is 32.0 Å². The van der Waals surface area contributed by atoms with E-state index in [2.05, 4.69) is 5.32 Å². The fourth-order valence-corrected chi connectivity index (χ4v) is 2.14. The number of carbonyl (C=O) groups excluding carboxylic acids is 2. The van der Waals surface area contributed by atoms with Gasteiger partial charge in [0.05, 0.1) is 18.6 Å². The summed E-state index contributed by atoms with van der Waals surface area (Å²) in [5.74, 6) is -1.72. The van der Waals surface area contributed by atoms with Crippen LogP contribution < -0.4 is 10.7 Å². The van der Waals surface area contributed by atoms with Crippen LogP contribution in [0.4, 0.5) is 5.69 Å². The smallest absolute Gasteiger partial charge is 0.347 e. The van der Waals surface area contributed by atoms with Crippen LogP contribution in [0.15, 0.2) is 45.4 Å². The van der Waals surface area contributed by atoms with Crippen molar-refractivity contribution in [1.29, 1.82) is 0 Å². The molecule has 0 saturated carbocycles. The zero-order valence-electron chi connectivity index (χ0n) is 13.6. The predicted octanol–water partition coefficient (Wildman–Crippen LogP) is 2.87. The lowest BCUT2D eigenvalue weighted by molar-refractivity contribution is -0.146. The molecule has 7 nitrogen and oxygen atoms in total. The van der Waals surface area contributed by atoms with Crippen molar-refractivity contribution in [1.82, 2.24) is 0 Å². The monoisotopic (exact) mass is 365 g/mol. The molecule has 0 unspecified atom stereocenters. The summed E-state index contributed by atoms with van der Waals surface area (Å²) in [6, 6.07) is 4.63. The highest BCUT2D eigenvalue weighted by molar-refractivity contribution is 6.31. The van der Waals surface area contributed by atoms with E-state index in [0.717, 1.165) is 6.20 Å². The van der Waals surface area contributed by atoms with Gasteiger partial charge in [0.15, 0.2) is 5.57 Å². The second-order valence-electron chi connectivity index (χ2n) is 4.76. The van der Waals surface area contributed by atoms with Gasteiger partial charge in [-0.1, -0.05) is 11.6 Å². The van der Waals surface area contributed by atoms with Gasteiger partial charge in [-0.25, -0.2) is 9.59 Å². The van der Waals surface area contributed by atoms with Gasteiger partial charge >= 0.3 is 11.9 Å². The first-order valence-corrected chi connectivity index (χ1v) is 7.87. The number of benzene rings is 1. The van der Waals surface area contributed by atoms with E-state index >= 15 is 0 Å². The first-order valence-electron chi connectivity index (χ1n) is 7.50. The van der Waals surface area contributed by atoms with E-state index in [0.29, 0.717) is 10.6 Å². The molecule has 1 N–H and O–H groups in total. The number of hydrogen-bond acceptors (Lipinski definition) is 7. The minimum absolute atomic E-state index is 0.0286. The fraction of sp³-hybridized carbons (Fsp3) is 0.235. The van der Waals surface area contributed by atoms with Crippen molar-refractivity contribution in [2.75, 3.05) is 18.5 Å². The Morgan fingerprint density at radius 3 is 2.44 bits per heavy atom. The third-order valence-electron chi connectivity index (χ3n) is 3.10. The molecule has 0 aliphatic rings. The van der Waals surface area contributed by atoms with Gasteiger partial charge < -0.3 is 19.2 Å². The molecule has 1 aromatic heterocycles. The molecule has 0 amide bonds. The van der Waals surface area contributed by atoms with Crippen molar-refractivity contribution in [2.45, 2.75) is 13.8 Å². The zero-order valence-corrected chi connectivity index (χ0v) is 14.4. The average Bonchev–Trinajstić information content (AvgIpc) is 2.58. The highest BCUT2D eigenvalue weighted by Crippen LogP contribution is 2.18. The van der Waals surface area contributed by atoms with Crippen LogP contribution in [0.3, 0.4) is 0 Å². The molecule has 0 saturated heterocycles. The Labute approximate surface area is 148 Å². The number of rotatable bonds is 6. The summed E-state index contributed by atoms with van der Waals surface area (Å²) in [7, 11) is 0. The minimum Gasteiger partial charge on any atom is -0.462 e. The van der Waals surface area contributed by atoms with Gasteiger partial charge in [-0.3, -0.25) is 4.79 Å². The second-order valence-corrected chi connectivity index (χ2v) is 5.20. The standard InChI is InChI=1S/C17H16ClNO6/c1-3-23-16(21)12(17(22)24-4-2)8-19-13-9-25-14-6-5-10(18)7-11(14)15(13)20/h5-9,19H,3-4H2,1-2H3. The lowest BCUT2D eigenvalue weighted by Crippen LogP contribution is -2.20. The van der Waals surface area contributed by atoms with E-state index in [9.17, 15) is 14.4 Å². The molecule has 8 heteroatoms. The molecule has 0 atom stereocenters. The van der Waals surface area contributed by atoms with E-state index in [4.69, 9.17) is 25.5 Å². The quantitative estimate of drug-likeness (QED) is 0.364. The molecule has 0 aliphatic heterocycles. The van der Waals surface area contributed by atoms with Gasteiger partial charge in [0.2, 0.25) is 5.43 Å². The van der Waals surface area contributed by atoms with Crippen LogP contribution in [-0.4, -0.2) is 25.2 Å². The average molecular weight is 366 g/mol. The van der Waals surface area contributed by atoms with Crippen LogP contribution in [0.1, 0.15) is 13.8 Å².